The highest BCUT2D eigenvalue weighted by Gasteiger charge is 2.27. The Morgan fingerprint density at radius 2 is 0.785 bits per heavy atom. The van der Waals surface area contributed by atoms with E-state index in [0.29, 0.717) is 25.8 Å². The average Bonchev–Trinajstić information content (AvgIpc) is 3.39. The molecule has 0 radical (unpaired) electrons. The third-order valence-electron chi connectivity index (χ3n) is 13.3. The highest BCUT2D eigenvalue weighted by atomic mass is 16.5. The molecule has 0 aromatic carbocycles. The molecule has 452 valence electrons. The lowest BCUT2D eigenvalue weighted by atomic mass is 9.93. The Morgan fingerprint density at radius 1 is 0.380 bits per heavy atom. The first kappa shape index (κ1) is 73.0. The number of Topliss-reactive ketones (excluding diaryl/α,β-unsaturated/α-hetero) is 2. The lowest BCUT2D eigenvalue weighted by molar-refractivity contribution is -0.145. The van der Waals surface area contributed by atoms with Gasteiger partial charge in [-0.15, -0.1) is 0 Å². The number of hydrogen-bond donors (Lipinski definition) is 10. The number of ketones is 2. The van der Waals surface area contributed by atoms with Crippen LogP contribution in [0.5, 0.6) is 0 Å². The zero-order chi connectivity index (χ0) is 59.2. The molecular formula is C55H93N5O19. The first-order valence-electron chi connectivity index (χ1n) is 28.4. The van der Waals surface area contributed by atoms with Gasteiger partial charge in [0.25, 0.3) is 0 Å². The molecular weight excluding hydrogens is 1030 g/mol. The number of unbranched alkanes of at least 4 members (excludes halogenated alkanes) is 14. The summed E-state index contributed by atoms with van der Waals surface area (Å²) in [6.07, 6.45) is 15.3. The van der Waals surface area contributed by atoms with Gasteiger partial charge in [0, 0.05) is 70.4 Å². The van der Waals surface area contributed by atoms with Crippen LogP contribution < -0.4 is 26.6 Å². The van der Waals surface area contributed by atoms with Crippen molar-refractivity contribution in [3.05, 3.63) is 0 Å². The zero-order valence-electron chi connectivity index (χ0n) is 46.8. The Labute approximate surface area is 464 Å². The maximum atomic E-state index is 12.6. The van der Waals surface area contributed by atoms with Crippen molar-refractivity contribution in [2.75, 3.05) is 39.5 Å². The van der Waals surface area contributed by atoms with Crippen LogP contribution in [0.25, 0.3) is 0 Å². The molecule has 0 aromatic heterocycles. The molecule has 0 bridgehead atoms. The van der Waals surface area contributed by atoms with Gasteiger partial charge in [0.1, 0.15) is 30.5 Å². The molecule has 5 atom stereocenters. The Bertz CT molecular complexity index is 1870. The van der Waals surface area contributed by atoms with Crippen molar-refractivity contribution in [1.29, 1.82) is 0 Å². The van der Waals surface area contributed by atoms with Crippen LogP contribution >= 0.6 is 0 Å². The highest BCUT2D eigenvalue weighted by molar-refractivity contribution is 5.88. The third kappa shape index (κ3) is 41.6. The molecule has 0 saturated carbocycles. The van der Waals surface area contributed by atoms with Crippen molar-refractivity contribution in [1.82, 2.24) is 26.6 Å². The van der Waals surface area contributed by atoms with E-state index in [1.54, 1.807) is 0 Å². The minimum Gasteiger partial charge on any atom is -0.481 e. The van der Waals surface area contributed by atoms with E-state index in [9.17, 15) is 78.0 Å². The summed E-state index contributed by atoms with van der Waals surface area (Å²) in [4.78, 5) is 144. The van der Waals surface area contributed by atoms with Crippen LogP contribution in [-0.2, 0) is 67.0 Å². The lowest BCUT2D eigenvalue weighted by Crippen LogP contribution is -2.44. The predicted octanol–water partition coefficient (Wildman–Crippen LogP) is 5.24. The minimum atomic E-state index is -1.45. The maximum Gasteiger partial charge on any atom is 0.326 e. The van der Waals surface area contributed by atoms with Crippen LogP contribution in [0.1, 0.15) is 206 Å². The van der Waals surface area contributed by atoms with Crippen molar-refractivity contribution < 1.29 is 92.5 Å². The topological polar surface area (TPSA) is 385 Å². The first-order valence-corrected chi connectivity index (χ1v) is 28.4. The van der Waals surface area contributed by atoms with Crippen molar-refractivity contribution in [2.45, 2.75) is 225 Å². The van der Waals surface area contributed by atoms with Crippen molar-refractivity contribution in [3.8, 4) is 0 Å². The van der Waals surface area contributed by atoms with Gasteiger partial charge in [0.05, 0.1) is 25.7 Å². The molecule has 0 heterocycles. The molecule has 0 aliphatic rings. The Kier molecular flexibility index (Phi) is 43.3. The molecule has 0 saturated heterocycles. The fourth-order valence-electron chi connectivity index (χ4n) is 8.50. The van der Waals surface area contributed by atoms with Gasteiger partial charge in [-0.1, -0.05) is 97.3 Å². The van der Waals surface area contributed by atoms with Crippen LogP contribution in [0.4, 0.5) is 0 Å². The summed E-state index contributed by atoms with van der Waals surface area (Å²) in [5, 5.41) is 59.3. The molecule has 0 rings (SSSR count). The van der Waals surface area contributed by atoms with Crippen LogP contribution in [0.2, 0.25) is 0 Å². The number of carbonyl (C=O) groups is 12. The average molecular weight is 1130 g/mol. The Morgan fingerprint density at radius 3 is 1.22 bits per heavy atom. The van der Waals surface area contributed by atoms with E-state index in [0.717, 1.165) is 77.0 Å². The lowest BCUT2D eigenvalue weighted by Gasteiger charge is -2.17. The molecule has 79 heavy (non-hydrogen) atoms. The van der Waals surface area contributed by atoms with Crippen LogP contribution in [0.3, 0.4) is 0 Å². The summed E-state index contributed by atoms with van der Waals surface area (Å²) in [5.74, 6) is -10.8. The predicted molar refractivity (Wildman–Crippen MR) is 288 cm³/mol. The maximum absolute atomic E-state index is 12.6. The van der Waals surface area contributed by atoms with E-state index in [-0.39, 0.29) is 89.4 Å². The largest absolute Gasteiger partial charge is 0.481 e. The smallest absolute Gasteiger partial charge is 0.326 e. The number of amides is 5. The number of nitrogens with one attached hydrogen (secondary N) is 5. The van der Waals surface area contributed by atoms with E-state index < -0.39 is 115 Å². The highest BCUT2D eigenvalue weighted by Crippen LogP contribution is 2.17. The van der Waals surface area contributed by atoms with Crippen LogP contribution in [0, 0.1) is 11.8 Å². The summed E-state index contributed by atoms with van der Waals surface area (Å²) < 4.78 is 10.6. The molecule has 5 amide bonds. The molecule has 0 fully saturated rings. The van der Waals surface area contributed by atoms with Gasteiger partial charge in [-0.05, 0) is 57.8 Å². The quantitative estimate of drug-likeness (QED) is 0.0348. The van der Waals surface area contributed by atoms with Crippen molar-refractivity contribution in [2.24, 2.45) is 11.8 Å². The summed E-state index contributed by atoms with van der Waals surface area (Å²) in [6.45, 7) is 3.63. The van der Waals surface area contributed by atoms with Crippen molar-refractivity contribution in [3.63, 3.8) is 0 Å². The number of hydrogen-bond acceptors (Lipinski definition) is 14. The van der Waals surface area contributed by atoms with E-state index >= 15 is 0 Å². The van der Waals surface area contributed by atoms with Crippen LogP contribution in [-0.4, -0.2) is 154 Å². The Hall–Kier alpha value is -6.04. The van der Waals surface area contributed by atoms with Gasteiger partial charge in [-0.25, -0.2) is 14.4 Å². The number of carboxylic acid groups (broad SMARTS) is 5. The molecule has 0 aromatic rings. The summed E-state index contributed by atoms with van der Waals surface area (Å²) in [6, 6.07) is -4.20. The van der Waals surface area contributed by atoms with E-state index in [1.165, 1.54) is 25.7 Å². The van der Waals surface area contributed by atoms with Crippen LogP contribution in [0.15, 0.2) is 0 Å². The van der Waals surface area contributed by atoms with E-state index in [2.05, 4.69) is 26.6 Å². The second-order valence-electron chi connectivity index (χ2n) is 19.9. The monoisotopic (exact) mass is 1130 g/mol. The molecule has 0 aliphatic carbocycles. The fraction of sp³-hybridized carbons (Fsp3) is 0.782. The van der Waals surface area contributed by atoms with Gasteiger partial charge in [-0.3, -0.25) is 43.2 Å². The van der Waals surface area contributed by atoms with Gasteiger partial charge in [0.15, 0.2) is 5.78 Å². The fourth-order valence-corrected chi connectivity index (χ4v) is 8.50. The van der Waals surface area contributed by atoms with Crippen molar-refractivity contribution >= 4 is 70.9 Å². The van der Waals surface area contributed by atoms with E-state index in [4.69, 9.17) is 14.6 Å². The molecule has 24 heteroatoms. The van der Waals surface area contributed by atoms with E-state index in [1.807, 2.05) is 13.8 Å². The molecule has 0 unspecified atom stereocenters. The Balaban J connectivity index is 4.31. The second kappa shape index (κ2) is 46.8. The SMILES string of the molecule is CCC(=O)[C@@H](CC)CCCCNC(=O)CC[C@H](NC(=O)CC[C@H](CC(=O)COCCOCCNC(=O)CC[C@H](NC(=O)CC[C@H](NC(=O)CCCCCCCCCCCCCCCCC(=O)O)C(=O)O)C(=O)O)C(=O)O)C(=O)O. The first-order chi connectivity index (χ1) is 37.7. The summed E-state index contributed by atoms with van der Waals surface area (Å²) in [7, 11) is 0. The van der Waals surface area contributed by atoms with Gasteiger partial charge >= 0.3 is 29.8 Å². The number of ether oxygens (including phenoxy) is 2. The summed E-state index contributed by atoms with van der Waals surface area (Å²) >= 11 is 0. The number of carbonyl (C=O) groups excluding carboxylic acids is 7. The molecule has 0 spiro atoms. The molecule has 0 aliphatic heterocycles. The zero-order valence-corrected chi connectivity index (χ0v) is 46.8. The second-order valence-corrected chi connectivity index (χ2v) is 19.9. The van der Waals surface area contributed by atoms with Gasteiger partial charge < -0.3 is 61.6 Å². The number of carboxylic acids is 5. The van der Waals surface area contributed by atoms with Gasteiger partial charge in [-0.2, -0.15) is 0 Å². The number of rotatable bonds is 54. The molecule has 24 nitrogen and oxygen atoms in total. The normalized spacial score (nSPS) is 12.9. The standard InChI is InChI=1S/C55H93N5O19/c1-3-39(45(62)4-2)21-19-20-32-56-46(63)29-25-42(53(72)73)59-49(66)28-24-40(52(70)71)37-41(61)38-79-36-35-78-34-33-57-47(64)30-26-43(54(74)75)60-50(67)31-27-44(55(76)77)58-48(65)22-17-15-13-11-9-7-5-6-8-10-12-14-16-18-23-51(68)69/h39-40,42-44H,3-38H2,1-2H3,(H,56,63)(H,57,64)(H,58,65)(H,59,66)(H,60,67)(H,68,69)(H,70,71)(H,72,73)(H,74,75)(H,76,77)/t39-,40+,42-,43-,44-/m0/s1. The number of aliphatic carboxylic acids is 5. The van der Waals surface area contributed by atoms with Gasteiger partial charge in [0.2, 0.25) is 29.5 Å². The third-order valence-corrected chi connectivity index (χ3v) is 13.3. The molecule has 10 N–H and O–H groups in total. The summed E-state index contributed by atoms with van der Waals surface area (Å²) in [5.41, 5.74) is 0. The minimum absolute atomic E-state index is 0.00366.